The predicted octanol–water partition coefficient (Wildman–Crippen LogP) is 4.22. The van der Waals surface area contributed by atoms with E-state index in [-0.39, 0.29) is 17.1 Å². The molecule has 2 aromatic carbocycles. The molecule has 0 aliphatic carbocycles. The zero-order valence-corrected chi connectivity index (χ0v) is 17.6. The van der Waals surface area contributed by atoms with Crippen LogP contribution < -0.4 is 10.1 Å². The van der Waals surface area contributed by atoms with Crippen LogP contribution in [0.5, 0.6) is 5.75 Å². The summed E-state index contributed by atoms with van der Waals surface area (Å²) in [6.45, 7) is 2.93. The molecular weight excluding hydrogens is 416 g/mol. The summed E-state index contributed by atoms with van der Waals surface area (Å²) >= 11 is 0.883. The molecule has 0 unspecified atom stereocenters. The minimum atomic E-state index is -0.383. The Morgan fingerprint density at radius 2 is 1.90 bits per heavy atom. The van der Waals surface area contributed by atoms with E-state index >= 15 is 0 Å². The van der Waals surface area contributed by atoms with E-state index in [1.54, 1.807) is 25.1 Å². The lowest BCUT2D eigenvalue weighted by Crippen LogP contribution is -2.17. The molecule has 158 valence electrons. The number of esters is 1. The molecule has 0 atom stereocenters. The topological polar surface area (TPSA) is 86.6 Å². The van der Waals surface area contributed by atoms with Crippen molar-refractivity contribution in [1.82, 2.24) is 9.88 Å². The molecule has 4 rings (SSSR count). The van der Waals surface area contributed by atoms with Crippen LogP contribution in [0.15, 0.2) is 59.5 Å². The molecule has 0 radical (unpaired) electrons. The van der Waals surface area contributed by atoms with Crippen molar-refractivity contribution >= 4 is 45.9 Å². The fourth-order valence-corrected chi connectivity index (χ4v) is 4.00. The summed E-state index contributed by atoms with van der Waals surface area (Å²) in [7, 11) is 0. The summed E-state index contributed by atoms with van der Waals surface area (Å²) in [5.41, 5.74) is 2.23. The Kier molecular flexibility index (Phi) is 6.08. The minimum Gasteiger partial charge on any atom is -0.492 e. The largest absolute Gasteiger partial charge is 0.492 e. The summed E-state index contributed by atoms with van der Waals surface area (Å²) in [6.07, 6.45) is 1.66. The van der Waals surface area contributed by atoms with E-state index in [0.29, 0.717) is 36.1 Å². The molecule has 0 bridgehead atoms. The average molecular weight is 436 g/mol. The van der Waals surface area contributed by atoms with E-state index < -0.39 is 0 Å². The fraction of sp³-hybridized carbons (Fsp3) is 0.174. The predicted molar refractivity (Wildman–Crippen MR) is 119 cm³/mol. The van der Waals surface area contributed by atoms with Gasteiger partial charge in [-0.3, -0.25) is 14.9 Å². The first-order valence-electron chi connectivity index (χ1n) is 9.78. The summed E-state index contributed by atoms with van der Waals surface area (Å²) in [6, 6.07) is 16.8. The molecular formula is C23H20N2O5S. The van der Waals surface area contributed by atoms with Crippen LogP contribution in [-0.2, 0) is 16.1 Å². The number of carbonyl (C=O) groups is 3. The van der Waals surface area contributed by atoms with Crippen LogP contribution in [0.3, 0.4) is 0 Å². The van der Waals surface area contributed by atoms with E-state index in [9.17, 15) is 14.4 Å². The highest BCUT2D eigenvalue weighted by atomic mass is 32.2. The van der Waals surface area contributed by atoms with Gasteiger partial charge in [0.25, 0.3) is 11.1 Å². The van der Waals surface area contributed by atoms with Gasteiger partial charge in [-0.05, 0) is 54.6 Å². The zero-order chi connectivity index (χ0) is 21.8. The Morgan fingerprint density at radius 1 is 1.13 bits per heavy atom. The van der Waals surface area contributed by atoms with E-state index in [4.69, 9.17) is 9.47 Å². The first-order chi connectivity index (χ1) is 15.0. The molecule has 31 heavy (non-hydrogen) atoms. The number of nitrogens with one attached hydrogen (secondary N) is 1. The van der Waals surface area contributed by atoms with Crippen LogP contribution >= 0.6 is 11.8 Å². The van der Waals surface area contributed by atoms with E-state index in [0.717, 1.165) is 28.2 Å². The second kappa shape index (κ2) is 9.09. The maximum absolute atomic E-state index is 12.4. The molecule has 3 aromatic rings. The molecule has 2 amide bonds. The van der Waals surface area contributed by atoms with Gasteiger partial charge in [0.1, 0.15) is 18.1 Å². The summed E-state index contributed by atoms with van der Waals surface area (Å²) < 4.78 is 12.9. The van der Waals surface area contributed by atoms with Gasteiger partial charge in [0.05, 0.1) is 18.1 Å². The first kappa shape index (κ1) is 20.7. The second-order valence-electron chi connectivity index (χ2n) is 6.73. The third kappa shape index (κ3) is 4.64. The number of imide groups is 1. The maximum atomic E-state index is 12.4. The lowest BCUT2D eigenvalue weighted by atomic mass is 10.2. The zero-order valence-electron chi connectivity index (χ0n) is 16.8. The van der Waals surface area contributed by atoms with E-state index in [1.165, 1.54) is 0 Å². The Hall–Kier alpha value is -3.52. The Balaban J connectivity index is 1.44. The minimum absolute atomic E-state index is 0.313. The van der Waals surface area contributed by atoms with Gasteiger partial charge in [0.15, 0.2) is 0 Å². The maximum Gasteiger partial charge on any atom is 0.354 e. The number of rotatable bonds is 7. The summed E-state index contributed by atoms with van der Waals surface area (Å²) in [5.74, 6) is -0.0778. The number of carbonyl (C=O) groups excluding carboxylic acids is 3. The number of nitrogens with zero attached hydrogens (tertiary/aromatic N) is 1. The third-order valence-corrected chi connectivity index (χ3v) is 5.51. The molecule has 1 aromatic heterocycles. The van der Waals surface area contributed by atoms with Crippen LogP contribution in [0.25, 0.3) is 17.0 Å². The van der Waals surface area contributed by atoms with Crippen molar-refractivity contribution in [3.8, 4) is 5.75 Å². The smallest absolute Gasteiger partial charge is 0.354 e. The average Bonchev–Trinajstić information content (AvgIpc) is 3.29. The third-order valence-electron chi connectivity index (χ3n) is 4.70. The number of fused-ring (bicyclic) bond motifs is 1. The molecule has 2 heterocycles. The van der Waals surface area contributed by atoms with Gasteiger partial charge in [0, 0.05) is 10.9 Å². The summed E-state index contributed by atoms with van der Waals surface area (Å²) in [4.78, 5) is 35.6. The van der Waals surface area contributed by atoms with Gasteiger partial charge < -0.3 is 14.0 Å². The van der Waals surface area contributed by atoms with Gasteiger partial charge in [-0.25, -0.2) is 4.79 Å². The molecule has 1 fully saturated rings. The number of benzene rings is 2. The number of aromatic nitrogens is 1. The molecule has 8 heteroatoms. The van der Waals surface area contributed by atoms with Crippen molar-refractivity contribution in [2.24, 2.45) is 0 Å². The molecule has 1 aliphatic rings. The normalized spacial score (nSPS) is 14.8. The van der Waals surface area contributed by atoms with Crippen molar-refractivity contribution in [2.45, 2.75) is 13.5 Å². The second-order valence-corrected chi connectivity index (χ2v) is 7.74. The molecule has 1 N–H and O–H groups in total. The van der Waals surface area contributed by atoms with Crippen LogP contribution in [0.2, 0.25) is 0 Å². The standard InChI is InChI=1S/C23H20N2O5S/c1-2-29-22(27)19-14-16-5-3-4-6-18(16)25(19)11-12-30-17-9-7-15(8-10-17)13-20-21(26)24-23(28)31-20/h3-10,13-14H,2,11-12H2,1H3,(H,24,26,28)/b20-13-. The number of para-hydroxylation sites is 1. The molecule has 7 nitrogen and oxygen atoms in total. The molecule has 1 saturated heterocycles. The molecule has 0 spiro atoms. The van der Waals surface area contributed by atoms with Crippen LogP contribution in [0.1, 0.15) is 23.0 Å². The van der Waals surface area contributed by atoms with Crippen LogP contribution in [-0.4, -0.2) is 34.9 Å². The van der Waals surface area contributed by atoms with Crippen molar-refractivity contribution in [2.75, 3.05) is 13.2 Å². The monoisotopic (exact) mass is 436 g/mol. The van der Waals surface area contributed by atoms with Crippen LogP contribution in [0, 0.1) is 0 Å². The quantitative estimate of drug-likeness (QED) is 0.441. The van der Waals surface area contributed by atoms with Crippen LogP contribution in [0.4, 0.5) is 4.79 Å². The van der Waals surface area contributed by atoms with Gasteiger partial charge in [-0.15, -0.1) is 0 Å². The van der Waals surface area contributed by atoms with Crippen molar-refractivity contribution in [3.63, 3.8) is 0 Å². The fourth-order valence-electron chi connectivity index (χ4n) is 3.31. The number of hydrogen-bond donors (Lipinski definition) is 1. The van der Waals surface area contributed by atoms with E-state index in [2.05, 4.69) is 5.32 Å². The summed E-state index contributed by atoms with van der Waals surface area (Å²) in [5, 5.41) is 2.83. The highest BCUT2D eigenvalue weighted by Gasteiger charge is 2.24. The number of amides is 2. The van der Waals surface area contributed by atoms with Gasteiger partial charge in [-0.1, -0.05) is 30.3 Å². The van der Waals surface area contributed by atoms with Crippen molar-refractivity contribution in [3.05, 3.63) is 70.8 Å². The highest BCUT2D eigenvalue weighted by molar-refractivity contribution is 8.18. The van der Waals surface area contributed by atoms with Gasteiger partial charge in [0.2, 0.25) is 0 Å². The Labute approximate surface area is 183 Å². The highest BCUT2D eigenvalue weighted by Crippen LogP contribution is 2.26. The van der Waals surface area contributed by atoms with Gasteiger partial charge >= 0.3 is 5.97 Å². The van der Waals surface area contributed by atoms with Crippen molar-refractivity contribution in [1.29, 1.82) is 0 Å². The van der Waals surface area contributed by atoms with Crippen molar-refractivity contribution < 1.29 is 23.9 Å². The molecule has 0 saturated carbocycles. The Bertz CT molecular complexity index is 1180. The Morgan fingerprint density at radius 3 is 2.61 bits per heavy atom. The van der Waals surface area contributed by atoms with E-state index in [1.807, 2.05) is 47.0 Å². The first-order valence-corrected chi connectivity index (χ1v) is 10.6. The lowest BCUT2D eigenvalue weighted by molar-refractivity contribution is -0.115. The number of hydrogen-bond acceptors (Lipinski definition) is 6. The number of ether oxygens (including phenoxy) is 2. The lowest BCUT2D eigenvalue weighted by Gasteiger charge is -2.11. The number of thioether (sulfide) groups is 1. The van der Waals surface area contributed by atoms with Gasteiger partial charge in [-0.2, -0.15) is 0 Å². The molecule has 1 aliphatic heterocycles. The SMILES string of the molecule is CCOC(=O)c1cc2ccccc2n1CCOc1ccc(/C=C2\SC(=O)NC2=O)cc1.